The Kier molecular flexibility index (Phi) is 2.95. The van der Waals surface area contributed by atoms with Crippen molar-refractivity contribution in [1.29, 1.82) is 0 Å². The van der Waals surface area contributed by atoms with Crippen molar-refractivity contribution in [1.82, 2.24) is 9.78 Å². The van der Waals surface area contributed by atoms with Gasteiger partial charge in [-0.1, -0.05) is 0 Å². The fourth-order valence-electron chi connectivity index (χ4n) is 1.41. The number of rotatable bonds is 3. The average Bonchev–Trinajstić information content (AvgIpc) is 2.69. The Hall–Kier alpha value is -2.09. The molecule has 0 unspecified atom stereocenters. The Balaban J connectivity index is 2.37. The Labute approximate surface area is 103 Å². The van der Waals surface area contributed by atoms with Crippen molar-refractivity contribution in [2.45, 2.75) is 5.03 Å². The molecule has 2 aromatic rings. The van der Waals surface area contributed by atoms with Crippen LogP contribution in [0.1, 0.15) is 0 Å². The molecule has 0 saturated heterocycles. The van der Waals surface area contributed by atoms with Gasteiger partial charge in [-0.05, 0) is 18.2 Å². The van der Waals surface area contributed by atoms with E-state index in [1.165, 1.54) is 25.4 Å². The molecule has 0 amide bonds. The van der Waals surface area contributed by atoms with Crippen molar-refractivity contribution in [2.75, 3.05) is 4.72 Å². The molecule has 0 bridgehead atoms. The van der Waals surface area contributed by atoms with Gasteiger partial charge in [0.25, 0.3) is 10.0 Å². The van der Waals surface area contributed by atoms with Crippen molar-refractivity contribution in [3.8, 4) is 5.75 Å². The molecule has 1 aromatic heterocycles. The van der Waals surface area contributed by atoms with Crippen LogP contribution in [0.5, 0.6) is 5.75 Å². The predicted octanol–water partition coefficient (Wildman–Crippen LogP) is 1.07. The van der Waals surface area contributed by atoms with Gasteiger partial charge in [-0.3, -0.25) is 9.40 Å². The summed E-state index contributed by atoms with van der Waals surface area (Å²) >= 11 is 0. The molecule has 0 fully saturated rings. The molecule has 0 aliphatic rings. The van der Waals surface area contributed by atoms with Crippen LogP contribution in [0.2, 0.25) is 0 Å². The van der Waals surface area contributed by atoms with Crippen LogP contribution in [0, 0.1) is 5.82 Å². The third-order valence-corrected chi connectivity index (χ3v) is 3.69. The van der Waals surface area contributed by atoms with E-state index >= 15 is 0 Å². The molecule has 0 aliphatic heterocycles. The summed E-state index contributed by atoms with van der Waals surface area (Å²) in [5.41, 5.74) is -0.242. The predicted molar refractivity (Wildman–Crippen MR) is 62.1 cm³/mol. The second-order valence-electron chi connectivity index (χ2n) is 3.56. The number of halogens is 1. The number of phenols is 1. The second-order valence-corrected chi connectivity index (χ2v) is 5.19. The summed E-state index contributed by atoms with van der Waals surface area (Å²) in [4.78, 5) is 0. The smallest absolute Gasteiger partial charge is 0.279 e. The summed E-state index contributed by atoms with van der Waals surface area (Å²) in [6.07, 6.45) is 1.32. The van der Waals surface area contributed by atoms with E-state index in [9.17, 15) is 12.8 Å². The molecule has 0 aliphatic carbocycles. The van der Waals surface area contributed by atoms with Crippen molar-refractivity contribution < 1.29 is 17.9 Å². The third-order valence-electron chi connectivity index (χ3n) is 2.25. The highest BCUT2D eigenvalue weighted by molar-refractivity contribution is 7.92. The molecular weight excluding hydrogens is 261 g/mol. The Morgan fingerprint density at radius 3 is 2.67 bits per heavy atom. The first-order valence-electron chi connectivity index (χ1n) is 4.89. The van der Waals surface area contributed by atoms with Gasteiger partial charge < -0.3 is 5.11 Å². The van der Waals surface area contributed by atoms with Crippen LogP contribution in [0.3, 0.4) is 0 Å². The molecule has 6 nitrogen and oxygen atoms in total. The highest BCUT2D eigenvalue weighted by Crippen LogP contribution is 2.22. The fourth-order valence-corrected chi connectivity index (χ4v) is 2.60. The molecule has 8 heteroatoms. The van der Waals surface area contributed by atoms with E-state index in [0.29, 0.717) is 0 Å². The van der Waals surface area contributed by atoms with E-state index in [2.05, 4.69) is 9.82 Å². The van der Waals surface area contributed by atoms with Crippen LogP contribution in [-0.2, 0) is 17.1 Å². The van der Waals surface area contributed by atoms with Gasteiger partial charge in [0.2, 0.25) is 0 Å². The van der Waals surface area contributed by atoms with Crippen LogP contribution in [0.15, 0.2) is 35.5 Å². The second kappa shape index (κ2) is 4.30. The zero-order valence-electron chi connectivity index (χ0n) is 9.33. The summed E-state index contributed by atoms with van der Waals surface area (Å²) in [5, 5.41) is 12.7. The molecule has 18 heavy (non-hydrogen) atoms. The van der Waals surface area contributed by atoms with Gasteiger partial charge in [0, 0.05) is 13.1 Å². The molecule has 0 radical (unpaired) electrons. The van der Waals surface area contributed by atoms with Crippen LogP contribution in [0.25, 0.3) is 0 Å². The highest BCUT2D eigenvalue weighted by Gasteiger charge is 2.19. The number of benzene rings is 1. The first-order chi connectivity index (χ1) is 8.40. The Morgan fingerprint density at radius 2 is 2.11 bits per heavy atom. The summed E-state index contributed by atoms with van der Waals surface area (Å²) in [5.74, 6) is -1.14. The molecule has 0 spiro atoms. The molecule has 1 aromatic carbocycles. The van der Waals surface area contributed by atoms with Crippen molar-refractivity contribution in [3.05, 3.63) is 36.3 Å². The number of aromatic nitrogens is 2. The molecule has 0 atom stereocenters. The number of hydrogen-bond donors (Lipinski definition) is 2. The first kappa shape index (κ1) is 12.4. The van der Waals surface area contributed by atoms with Gasteiger partial charge in [-0.25, -0.2) is 4.39 Å². The van der Waals surface area contributed by atoms with Crippen LogP contribution in [-0.4, -0.2) is 23.3 Å². The maximum Gasteiger partial charge on any atom is 0.279 e. The minimum atomic E-state index is -3.91. The Morgan fingerprint density at radius 1 is 1.39 bits per heavy atom. The lowest BCUT2D eigenvalue weighted by Crippen LogP contribution is -2.17. The number of nitrogens with zero attached hydrogens (tertiary/aromatic N) is 2. The van der Waals surface area contributed by atoms with Gasteiger partial charge in [0.15, 0.2) is 10.8 Å². The number of aromatic hydroxyl groups is 1. The molecule has 0 saturated carbocycles. The number of anilines is 1. The number of nitrogens with one attached hydrogen (secondary N) is 1. The number of sulfonamides is 1. The summed E-state index contributed by atoms with van der Waals surface area (Å²) in [7, 11) is -2.45. The third kappa shape index (κ3) is 2.28. The first-order valence-corrected chi connectivity index (χ1v) is 6.38. The topological polar surface area (TPSA) is 84.2 Å². The minimum Gasteiger partial charge on any atom is -0.508 e. The van der Waals surface area contributed by atoms with Crippen LogP contribution in [0.4, 0.5) is 10.1 Å². The quantitative estimate of drug-likeness (QED) is 0.818. The number of phenolic OH excluding ortho intramolecular Hbond substituents is 1. The summed E-state index contributed by atoms with van der Waals surface area (Å²) in [6.45, 7) is 0. The molecule has 2 N–H and O–H groups in total. The molecule has 2 rings (SSSR count). The number of hydrogen-bond acceptors (Lipinski definition) is 4. The van der Waals surface area contributed by atoms with Crippen molar-refractivity contribution >= 4 is 15.7 Å². The van der Waals surface area contributed by atoms with E-state index in [1.54, 1.807) is 0 Å². The van der Waals surface area contributed by atoms with Crippen LogP contribution < -0.4 is 4.72 Å². The van der Waals surface area contributed by atoms with E-state index in [1.807, 2.05) is 0 Å². The minimum absolute atomic E-state index is 0.0880. The number of aryl methyl sites for hydroxylation is 1. The lowest BCUT2D eigenvalue weighted by Gasteiger charge is -2.08. The highest BCUT2D eigenvalue weighted by atomic mass is 32.2. The lowest BCUT2D eigenvalue weighted by atomic mass is 10.3. The molecule has 96 valence electrons. The fraction of sp³-hybridized carbons (Fsp3) is 0.100. The average molecular weight is 271 g/mol. The van der Waals surface area contributed by atoms with E-state index in [4.69, 9.17) is 5.11 Å². The van der Waals surface area contributed by atoms with Gasteiger partial charge in [0.05, 0.1) is 11.9 Å². The summed E-state index contributed by atoms with van der Waals surface area (Å²) in [6, 6.07) is 4.44. The summed E-state index contributed by atoms with van der Waals surface area (Å²) < 4.78 is 40.5. The van der Waals surface area contributed by atoms with Crippen molar-refractivity contribution in [2.24, 2.45) is 7.05 Å². The van der Waals surface area contributed by atoms with Gasteiger partial charge in [-0.15, -0.1) is 0 Å². The van der Waals surface area contributed by atoms with E-state index in [-0.39, 0.29) is 16.5 Å². The zero-order valence-corrected chi connectivity index (χ0v) is 10.1. The Bertz CT molecular complexity index is 681. The van der Waals surface area contributed by atoms with Gasteiger partial charge >= 0.3 is 0 Å². The zero-order chi connectivity index (χ0) is 13.3. The van der Waals surface area contributed by atoms with E-state index in [0.717, 1.165) is 16.8 Å². The largest absolute Gasteiger partial charge is 0.508 e. The van der Waals surface area contributed by atoms with Crippen LogP contribution >= 0.6 is 0 Å². The maximum absolute atomic E-state index is 13.4. The van der Waals surface area contributed by atoms with E-state index < -0.39 is 15.8 Å². The lowest BCUT2D eigenvalue weighted by molar-refractivity contribution is 0.469. The van der Waals surface area contributed by atoms with Gasteiger partial charge in [0.1, 0.15) is 5.75 Å². The van der Waals surface area contributed by atoms with Crippen molar-refractivity contribution in [3.63, 3.8) is 0 Å². The SMILES string of the molecule is Cn1nccc1S(=O)(=O)Nc1ccc(O)cc1F. The molecule has 1 heterocycles. The maximum atomic E-state index is 13.4. The monoisotopic (exact) mass is 271 g/mol. The van der Waals surface area contributed by atoms with Gasteiger partial charge in [-0.2, -0.15) is 13.5 Å². The normalized spacial score (nSPS) is 11.4. The standard InChI is InChI=1S/C10H10FN3O3S/c1-14-10(4-5-12-14)18(16,17)13-9-3-2-7(15)6-8(9)11/h2-6,13,15H,1H3. The molecular formula is C10H10FN3O3S.